The number of pyridine rings is 1. The van der Waals surface area contributed by atoms with Crippen LogP contribution in [0.3, 0.4) is 0 Å². The lowest BCUT2D eigenvalue weighted by Gasteiger charge is -2.30. The normalized spacial score (nSPS) is 14.8. The van der Waals surface area contributed by atoms with Crippen molar-refractivity contribution in [2.45, 2.75) is 19.4 Å². The van der Waals surface area contributed by atoms with Crippen LogP contribution in [0.1, 0.15) is 28.9 Å². The van der Waals surface area contributed by atoms with E-state index in [1.54, 1.807) is 37.3 Å². The lowest BCUT2D eigenvalue weighted by Crippen LogP contribution is -2.40. The van der Waals surface area contributed by atoms with Crippen molar-refractivity contribution in [2.24, 2.45) is 5.92 Å². The van der Waals surface area contributed by atoms with Gasteiger partial charge in [-0.15, -0.1) is 0 Å². The Morgan fingerprint density at radius 3 is 2.60 bits per heavy atom. The summed E-state index contributed by atoms with van der Waals surface area (Å²) < 4.78 is 4.76. The summed E-state index contributed by atoms with van der Waals surface area (Å²) in [4.78, 5) is 43.1. The second kappa shape index (κ2) is 8.46. The van der Waals surface area contributed by atoms with Crippen LogP contribution in [0, 0.1) is 5.92 Å². The lowest BCUT2D eigenvalue weighted by molar-refractivity contribution is -0.146. The van der Waals surface area contributed by atoms with Gasteiger partial charge in [0.1, 0.15) is 0 Å². The molecule has 1 aliphatic heterocycles. The Morgan fingerprint density at radius 1 is 1.32 bits per heavy atom. The van der Waals surface area contributed by atoms with E-state index < -0.39 is 0 Å². The van der Waals surface area contributed by atoms with Gasteiger partial charge in [0.2, 0.25) is 0 Å². The van der Waals surface area contributed by atoms with Gasteiger partial charge in [0, 0.05) is 38.9 Å². The number of urea groups is 1. The van der Waals surface area contributed by atoms with Crippen molar-refractivity contribution in [2.75, 3.05) is 34.3 Å². The van der Waals surface area contributed by atoms with E-state index in [0.29, 0.717) is 37.2 Å². The zero-order chi connectivity index (χ0) is 18.4. The first-order valence-corrected chi connectivity index (χ1v) is 8.19. The van der Waals surface area contributed by atoms with Crippen molar-refractivity contribution >= 4 is 17.9 Å². The molecule has 8 heteroatoms. The Morgan fingerprint density at radius 2 is 2.00 bits per heavy atom. The van der Waals surface area contributed by atoms with Crippen LogP contribution in [0.2, 0.25) is 0 Å². The quantitative estimate of drug-likeness (QED) is 0.816. The molecule has 0 radical (unpaired) electrons. The molecule has 0 aliphatic carbocycles. The van der Waals surface area contributed by atoms with Crippen LogP contribution in [0.5, 0.6) is 0 Å². The molecule has 0 atom stereocenters. The molecule has 1 aromatic heterocycles. The molecule has 2 rings (SSSR count). The second-order valence-corrected chi connectivity index (χ2v) is 6.18. The summed E-state index contributed by atoms with van der Waals surface area (Å²) in [6.45, 7) is 1.30. The predicted octanol–water partition coefficient (Wildman–Crippen LogP) is 0.878. The van der Waals surface area contributed by atoms with Crippen molar-refractivity contribution in [3.63, 3.8) is 0 Å². The van der Waals surface area contributed by atoms with Crippen LogP contribution in [0.25, 0.3) is 0 Å². The number of nitrogens with one attached hydrogen (secondary N) is 1. The fourth-order valence-corrected chi connectivity index (χ4v) is 2.70. The zero-order valence-electron chi connectivity index (χ0n) is 14.8. The number of ether oxygens (including phenoxy) is 1. The lowest BCUT2D eigenvalue weighted by atomic mass is 9.96. The Labute approximate surface area is 147 Å². The Bertz CT molecular complexity index is 639. The van der Waals surface area contributed by atoms with Gasteiger partial charge < -0.3 is 19.9 Å². The third-order valence-corrected chi connectivity index (χ3v) is 4.21. The van der Waals surface area contributed by atoms with Gasteiger partial charge in [-0.1, -0.05) is 0 Å². The van der Waals surface area contributed by atoms with Crippen molar-refractivity contribution < 1.29 is 19.1 Å². The van der Waals surface area contributed by atoms with E-state index in [-0.39, 0.29) is 30.4 Å². The molecule has 1 saturated heterocycles. The molecule has 1 N–H and O–H groups in total. The number of hydrogen-bond donors (Lipinski definition) is 1. The van der Waals surface area contributed by atoms with Gasteiger partial charge in [-0.3, -0.25) is 14.6 Å². The summed E-state index contributed by atoms with van der Waals surface area (Å²) in [5.74, 6) is -0.441. The molecule has 136 valence electrons. The number of carbonyl (C=O) groups is 3. The predicted molar refractivity (Wildman–Crippen MR) is 90.8 cm³/mol. The Kier molecular flexibility index (Phi) is 6.32. The van der Waals surface area contributed by atoms with Gasteiger partial charge in [-0.25, -0.2) is 4.79 Å². The van der Waals surface area contributed by atoms with Crippen LogP contribution in [-0.2, 0) is 16.1 Å². The fourth-order valence-electron chi connectivity index (χ4n) is 2.70. The van der Waals surface area contributed by atoms with Crippen molar-refractivity contribution in [3.8, 4) is 0 Å². The maximum atomic E-state index is 12.6. The van der Waals surface area contributed by atoms with Gasteiger partial charge in [0.25, 0.3) is 5.91 Å². The SMILES string of the molecule is COC(=O)C1CCN(C(=O)c2ccnc(CNC(=O)N(C)C)c2)CC1. The minimum atomic E-state index is -0.219. The molecule has 1 fully saturated rings. The molecule has 25 heavy (non-hydrogen) atoms. The number of piperidine rings is 1. The molecular formula is C17H24N4O4. The number of hydrogen-bond acceptors (Lipinski definition) is 5. The van der Waals surface area contributed by atoms with Crippen LogP contribution >= 0.6 is 0 Å². The second-order valence-electron chi connectivity index (χ2n) is 6.18. The Hall–Kier alpha value is -2.64. The highest BCUT2D eigenvalue weighted by Crippen LogP contribution is 2.20. The summed E-state index contributed by atoms with van der Waals surface area (Å²) in [7, 11) is 4.69. The summed E-state index contributed by atoms with van der Waals surface area (Å²) in [6.07, 6.45) is 2.77. The van der Waals surface area contributed by atoms with Crippen molar-refractivity contribution in [3.05, 3.63) is 29.6 Å². The van der Waals surface area contributed by atoms with Gasteiger partial charge in [0.15, 0.2) is 0 Å². The third-order valence-electron chi connectivity index (χ3n) is 4.21. The highest BCUT2D eigenvalue weighted by atomic mass is 16.5. The first-order chi connectivity index (χ1) is 11.9. The van der Waals surface area contributed by atoms with E-state index >= 15 is 0 Å². The number of methoxy groups -OCH3 is 1. The van der Waals surface area contributed by atoms with E-state index in [9.17, 15) is 14.4 Å². The third kappa shape index (κ3) is 4.91. The summed E-state index contributed by atoms with van der Waals surface area (Å²) in [5.41, 5.74) is 1.14. The molecule has 0 saturated carbocycles. The molecule has 0 unspecified atom stereocenters. The minimum absolute atomic E-state index is 0.0918. The zero-order valence-corrected chi connectivity index (χ0v) is 14.8. The molecule has 1 aliphatic rings. The molecule has 0 bridgehead atoms. The van der Waals surface area contributed by atoms with Gasteiger partial charge >= 0.3 is 12.0 Å². The largest absolute Gasteiger partial charge is 0.469 e. The topological polar surface area (TPSA) is 91.8 Å². The number of carbonyl (C=O) groups excluding carboxylic acids is 3. The summed E-state index contributed by atoms with van der Waals surface area (Å²) >= 11 is 0. The average Bonchev–Trinajstić information content (AvgIpc) is 2.65. The molecule has 8 nitrogen and oxygen atoms in total. The summed E-state index contributed by atoms with van der Waals surface area (Å²) in [5, 5.41) is 2.72. The monoisotopic (exact) mass is 348 g/mol. The molecule has 1 aromatic rings. The minimum Gasteiger partial charge on any atom is -0.469 e. The van der Waals surface area contributed by atoms with Crippen molar-refractivity contribution in [1.82, 2.24) is 20.1 Å². The molecule has 2 heterocycles. The van der Waals surface area contributed by atoms with E-state index in [1.165, 1.54) is 12.0 Å². The summed E-state index contributed by atoms with van der Waals surface area (Å²) in [6, 6.07) is 3.12. The van der Waals surface area contributed by atoms with E-state index in [0.717, 1.165) is 0 Å². The molecule has 0 aromatic carbocycles. The maximum Gasteiger partial charge on any atom is 0.317 e. The number of rotatable bonds is 4. The number of likely N-dealkylation sites (tertiary alicyclic amines) is 1. The van der Waals surface area contributed by atoms with E-state index in [1.807, 2.05) is 0 Å². The number of aromatic nitrogens is 1. The number of nitrogens with zero attached hydrogens (tertiary/aromatic N) is 3. The highest BCUT2D eigenvalue weighted by molar-refractivity contribution is 5.94. The van der Waals surface area contributed by atoms with Gasteiger partial charge in [-0.05, 0) is 25.0 Å². The van der Waals surface area contributed by atoms with Gasteiger partial charge in [-0.2, -0.15) is 0 Å². The van der Waals surface area contributed by atoms with Crippen LogP contribution in [-0.4, -0.2) is 67.0 Å². The average molecular weight is 348 g/mol. The molecule has 3 amide bonds. The number of esters is 1. The van der Waals surface area contributed by atoms with E-state index in [2.05, 4.69) is 10.3 Å². The first-order valence-electron chi connectivity index (χ1n) is 8.19. The molecule has 0 spiro atoms. The number of amides is 3. The van der Waals surface area contributed by atoms with Crippen molar-refractivity contribution in [1.29, 1.82) is 0 Å². The van der Waals surface area contributed by atoms with Crippen LogP contribution in [0.15, 0.2) is 18.3 Å². The Balaban J connectivity index is 1.95. The van der Waals surface area contributed by atoms with E-state index in [4.69, 9.17) is 4.74 Å². The van der Waals surface area contributed by atoms with Crippen LogP contribution in [0.4, 0.5) is 4.79 Å². The van der Waals surface area contributed by atoms with Crippen LogP contribution < -0.4 is 5.32 Å². The standard InChI is InChI=1S/C17H24N4O4/c1-20(2)17(24)19-11-14-10-13(4-7-18-14)15(22)21-8-5-12(6-9-21)16(23)25-3/h4,7,10,12H,5-6,8-9,11H2,1-3H3,(H,19,24). The van der Waals surface area contributed by atoms with Gasteiger partial charge in [0.05, 0.1) is 25.3 Å². The fraction of sp³-hybridized carbons (Fsp3) is 0.529. The molecular weight excluding hydrogens is 324 g/mol. The smallest absolute Gasteiger partial charge is 0.317 e. The first kappa shape index (κ1) is 18.7. The highest BCUT2D eigenvalue weighted by Gasteiger charge is 2.28. The maximum absolute atomic E-state index is 12.6.